The highest BCUT2D eigenvalue weighted by Crippen LogP contribution is 2.31. The van der Waals surface area contributed by atoms with Crippen LogP contribution in [-0.4, -0.2) is 32.7 Å². The van der Waals surface area contributed by atoms with E-state index in [4.69, 9.17) is 0 Å². The van der Waals surface area contributed by atoms with E-state index in [0.29, 0.717) is 0 Å². The van der Waals surface area contributed by atoms with Crippen molar-refractivity contribution < 1.29 is 26.3 Å². The molecule has 0 spiro atoms. The molecule has 12 heteroatoms. The van der Waals surface area contributed by atoms with Crippen LogP contribution < -0.4 is 10.6 Å². The fourth-order valence-electron chi connectivity index (χ4n) is 2.10. The molecule has 6 nitrogen and oxygen atoms in total. The zero-order valence-corrected chi connectivity index (χ0v) is 12.7. The van der Waals surface area contributed by atoms with Crippen LogP contribution in [0.5, 0.6) is 0 Å². The molecule has 1 aromatic carbocycles. The number of H-pyrrole nitrogens is 1. The highest BCUT2D eigenvalue weighted by molar-refractivity contribution is 5.84. The summed E-state index contributed by atoms with van der Waals surface area (Å²) in [5, 5.41) is 4.65. The third-order valence-corrected chi connectivity index (χ3v) is 3.19. The lowest BCUT2D eigenvalue weighted by Crippen LogP contribution is -2.22. The second-order valence-electron chi connectivity index (χ2n) is 5.17. The van der Waals surface area contributed by atoms with Gasteiger partial charge < -0.3 is 15.6 Å². The fourth-order valence-corrected chi connectivity index (χ4v) is 2.10. The van der Waals surface area contributed by atoms with Gasteiger partial charge in [-0.25, -0.2) is 4.98 Å². The molecule has 3 rings (SSSR count). The van der Waals surface area contributed by atoms with Gasteiger partial charge in [0.1, 0.15) is 12.1 Å². The molecule has 2 aromatic heterocycles. The summed E-state index contributed by atoms with van der Waals surface area (Å²) >= 11 is 0. The summed E-state index contributed by atoms with van der Waals surface area (Å²) in [6.07, 6.45) is -7.80. The van der Waals surface area contributed by atoms with Crippen molar-refractivity contribution in [1.82, 2.24) is 19.9 Å². The van der Waals surface area contributed by atoms with E-state index in [1.54, 1.807) is 0 Å². The monoisotopic (exact) mass is 376 g/mol. The van der Waals surface area contributed by atoms with Crippen molar-refractivity contribution in [3.8, 4) is 0 Å². The number of aromatic amines is 1. The molecule has 0 bridgehead atoms. The first kappa shape index (κ1) is 17.8. The van der Waals surface area contributed by atoms with E-state index in [0.717, 1.165) is 12.1 Å². The largest absolute Gasteiger partial charge is 0.416 e. The zero-order valence-electron chi connectivity index (χ0n) is 12.7. The number of alkyl halides is 6. The molecule has 3 aromatic rings. The van der Waals surface area contributed by atoms with Crippen molar-refractivity contribution in [3.63, 3.8) is 0 Å². The van der Waals surface area contributed by atoms with Crippen molar-refractivity contribution in [3.05, 3.63) is 36.2 Å². The maximum atomic E-state index is 12.8. The normalized spacial score (nSPS) is 12.4. The molecule has 2 heterocycles. The number of imidazole rings is 1. The lowest BCUT2D eigenvalue weighted by molar-refractivity contribution is -0.137. The third-order valence-electron chi connectivity index (χ3n) is 3.19. The van der Waals surface area contributed by atoms with Crippen molar-refractivity contribution in [2.24, 2.45) is 0 Å². The zero-order chi connectivity index (χ0) is 18.9. The van der Waals surface area contributed by atoms with Gasteiger partial charge in [-0.2, -0.15) is 36.3 Å². The molecule has 0 saturated carbocycles. The van der Waals surface area contributed by atoms with Crippen LogP contribution in [0.4, 0.5) is 43.8 Å². The van der Waals surface area contributed by atoms with Gasteiger partial charge in [-0.3, -0.25) is 0 Å². The molecular weight excluding hydrogens is 366 g/mol. The number of halogens is 6. The lowest BCUT2D eigenvalue weighted by Gasteiger charge is -2.12. The SMILES string of the molecule is FC(F)(F)CNc1nc(Nc2cccc(C(F)(F)F)c2)nc2nc[nH]c12. The number of fused-ring (bicyclic) bond motifs is 1. The third kappa shape index (κ3) is 4.13. The highest BCUT2D eigenvalue weighted by atomic mass is 19.4. The Balaban J connectivity index is 1.91. The second kappa shape index (κ2) is 6.35. The van der Waals surface area contributed by atoms with E-state index in [-0.39, 0.29) is 28.6 Å². The quantitative estimate of drug-likeness (QED) is 0.598. The smallest absolute Gasteiger partial charge is 0.359 e. The van der Waals surface area contributed by atoms with Crippen LogP contribution in [0.15, 0.2) is 30.6 Å². The Morgan fingerprint density at radius 3 is 2.50 bits per heavy atom. The number of nitrogens with zero attached hydrogens (tertiary/aromatic N) is 3. The number of nitrogens with one attached hydrogen (secondary N) is 3. The fraction of sp³-hybridized carbons (Fsp3) is 0.214. The Bertz CT molecular complexity index is 916. The topological polar surface area (TPSA) is 78.5 Å². The number of rotatable bonds is 4. The second-order valence-corrected chi connectivity index (χ2v) is 5.17. The minimum absolute atomic E-state index is 0.0245. The molecule has 0 aliphatic heterocycles. The average Bonchev–Trinajstić information content (AvgIpc) is 3.00. The average molecular weight is 376 g/mol. The molecule has 0 aliphatic rings. The van der Waals surface area contributed by atoms with Crippen LogP contribution in [0.25, 0.3) is 11.2 Å². The molecule has 3 N–H and O–H groups in total. The molecule has 0 unspecified atom stereocenters. The van der Waals surface area contributed by atoms with E-state index in [1.165, 1.54) is 18.5 Å². The number of hydrogen-bond donors (Lipinski definition) is 3. The van der Waals surface area contributed by atoms with Crippen LogP contribution in [0.1, 0.15) is 5.56 Å². The van der Waals surface area contributed by atoms with Crippen LogP contribution >= 0.6 is 0 Å². The standard InChI is InChI=1S/C14H10F6N6/c15-13(16,17)5-21-10-9-11(23-6-22-9)26-12(25-10)24-8-3-1-2-7(4-8)14(18,19)20/h1-4,6H,5H2,(H3,21,22,23,24,25,26). The predicted molar refractivity (Wildman–Crippen MR) is 81.0 cm³/mol. The number of anilines is 3. The molecular formula is C14H10F6N6. The van der Waals surface area contributed by atoms with Gasteiger partial charge in [0, 0.05) is 5.69 Å². The molecule has 26 heavy (non-hydrogen) atoms. The number of hydrogen-bond acceptors (Lipinski definition) is 5. The van der Waals surface area contributed by atoms with Gasteiger partial charge in [-0.15, -0.1) is 0 Å². The van der Waals surface area contributed by atoms with Gasteiger partial charge in [0.05, 0.1) is 11.9 Å². The molecule has 0 fully saturated rings. The summed E-state index contributed by atoms with van der Waals surface area (Å²) in [7, 11) is 0. The summed E-state index contributed by atoms with van der Waals surface area (Å²) in [5.74, 6) is -0.382. The Hall–Kier alpha value is -3.05. The van der Waals surface area contributed by atoms with Crippen molar-refractivity contribution >= 4 is 28.6 Å². The summed E-state index contributed by atoms with van der Waals surface area (Å²) in [5.41, 5.74) is -0.668. The molecule has 0 atom stereocenters. The van der Waals surface area contributed by atoms with E-state index < -0.39 is 24.5 Å². The first-order valence-electron chi connectivity index (χ1n) is 7.08. The maximum absolute atomic E-state index is 12.8. The Labute approximate surface area is 141 Å². The predicted octanol–water partition coefficient (Wildman–Crippen LogP) is 4.09. The number of benzene rings is 1. The van der Waals surface area contributed by atoms with Crippen molar-refractivity contribution in [2.75, 3.05) is 17.2 Å². The van der Waals surface area contributed by atoms with Crippen LogP contribution in [0.2, 0.25) is 0 Å². The Kier molecular flexibility index (Phi) is 4.34. The lowest BCUT2D eigenvalue weighted by atomic mass is 10.2. The molecule has 0 saturated heterocycles. The van der Waals surface area contributed by atoms with Crippen molar-refractivity contribution in [1.29, 1.82) is 0 Å². The Morgan fingerprint density at radius 2 is 1.81 bits per heavy atom. The van der Waals surface area contributed by atoms with Crippen LogP contribution in [-0.2, 0) is 6.18 Å². The van der Waals surface area contributed by atoms with Gasteiger partial charge in [-0.1, -0.05) is 6.07 Å². The number of aromatic nitrogens is 4. The minimum Gasteiger partial charge on any atom is -0.359 e. The van der Waals surface area contributed by atoms with E-state index >= 15 is 0 Å². The Morgan fingerprint density at radius 1 is 1.04 bits per heavy atom. The van der Waals surface area contributed by atoms with Crippen LogP contribution in [0.3, 0.4) is 0 Å². The van der Waals surface area contributed by atoms with E-state index in [9.17, 15) is 26.3 Å². The first-order chi connectivity index (χ1) is 12.1. The van der Waals surface area contributed by atoms with Gasteiger partial charge in [0.15, 0.2) is 11.5 Å². The van der Waals surface area contributed by atoms with Gasteiger partial charge >= 0.3 is 12.4 Å². The van der Waals surface area contributed by atoms with E-state index in [1.807, 2.05) is 0 Å². The first-order valence-corrected chi connectivity index (χ1v) is 7.08. The maximum Gasteiger partial charge on any atom is 0.416 e. The van der Waals surface area contributed by atoms with Gasteiger partial charge in [-0.05, 0) is 18.2 Å². The molecule has 0 radical (unpaired) electrons. The summed E-state index contributed by atoms with van der Waals surface area (Å²) in [4.78, 5) is 14.3. The summed E-state index contributed by atoms with van der Waals surface area (Å²) < 4.78 is 75.5. The van der Waals surface area contributed by atoms with Crippen LogP contribution in [0, 0.1) is 0 Å². The van der Waals surface area contributed by atoms with Crippen molar-refractivity contribution in [2.45, 2.75) is 12.4 Å². The molecule has 138 valence electrons. The molecule has 0 aliphatic carbocycles. The summed E-state index contributed by atoms with van der Waals surface area (Å²) in [6, 6.07) is 4.25. The van der Waals surface area contributed by atoms with Gasteiger partial charge in [0.25, 0.3) is 0 Å². The molecule has 0 amide bonds. The van der Waals surface area contributed by atoms with E-state index in [2.05, 4.69) is 30.6 Å². The summed E-state index contributed by atoms with van der Waals surface area (Å²) in [6.45, 7) is -1.35. The highest BCUT2D eigenvalue weighted by Gasteiger charge is 2.30. The minimum atomic E-state index is -4.54. The van der Waals surface area contributed by atoms with Gasteiger partial charge in [0.2, 0.25) is 5.95 Å².